The summed E-state index contributed by atoms with van der Waals surface area (Å²) in [7, 11) is 0. The van der Waals surface area contributed by atoms with Gasteiger partial charge >= 0.3 is 0 Å². The van der Waals surface area contributed by atoms with Crippen molar-refractivity contribution in [2.45, 2.75) is 32.7 Å². The van der Waals surface area contributed by atoms with Crippen LogP contribution in [0.2, 0.25) is 0 Å². The lowest BCUT2D eigenvalue weighted by Gasteiger charge is -2.23. The first-order chi connectivity index (χ1) is 8.13. The van der Waals surface area contributed by atoms with Crippen molar-refractivity contribution in [1.82, 2.24) is 4.90 Å². The Balaban J connectivity index is 2.21. The van der Waals surface area contributed by atoms with Crippen molar-refractivity contribution in [1.29, 1.82) is 0 Å². The van der Waals surface area contributed by atoms with Crippen LogP contribution in [0.5, 0.6) is 0 Å². The number of carbonyl (C=O) groups is 1. The first-order valence-corrected chi connectivity index (χ1v) is 6.61. The van der Waals surface area contributed by atoms with E-state index in [2.05, 4.69) is 6.92 Å². The van der Waals surface area contributed by atoms with Crippen LogP contribution >= 0.6 is 11.6 Å². The third-order valence-electron chi connectivity index (χ3n) is 3.57. The highest BCUT2D eigenvalue weighted by molar-refractivity contribution is 6.18. The molecule has 1 heterocycles. The van der Waals surface area contributed by atoms with E-state index in [0.29, 0.717) is 5.88 Å². The lowest BCUT2D eigenvalue weighted by atomic mass is 10.1. The Kier molecular flexibility index (Phi) is 3.72. The van der Waals surface area contributed by atoms with Gasteiger partial charge < -0.3 is 4.90 Å². The first-order valence-electron chi connectivity index (χ1n) is 6.07. The average molecular weight is 252 g/mol. The van der Waals surface area contributed by atoms with Crippen molar-refractivity contribution in [3.05, 3.63) is 34.9 Å². The van der Waals surface area contributed by atoms with Crippen molar-refractivity contribution < 1.29 is 4.79 Å². The van der Waals surface area contributed by atoms with Crippen LogP contribution in [-0.2, 0) is 0 Å². The monoisotopic (exact) mass is 251 g/mol. The summed E-state index contributed by atoms with van der Waals surface area (Å²) in [5, 5.41) is 0. The van der Waals surface area contributed by atoms with Crippen LogP contribution in [0.4, 0.5) is 0 Å². The van der Waals surface area contributed by atoms with Gasteiger partial charge in [0.2, 0.25) is 0 Å². The number of amides is 1. The maximum atomic E-state index is 12.3. The summed E-state index contributed by atoms with van der Waals surface area (Å²) in [6, 6.07) is 6.11. The topological polar surface area (TPSA) is 20.3 Å². The van der Waals surface area contributed by atoms with Crippen molar-refractivity contribution in [3.63, 3.8) is 0 Å². The van der Waals surface area contributed by atoms with E-state index in [0.717, 1.165) is 30.5 Å². The van der Waals surface area contributed by atoms with Crippen molar-refractivity contribution in [2.24, 2.45) is 0 Å². The zero-order chi connectivity index (χ0) is 12.4. The molecule has 1 aromatic rings. The molecule has 0 radical (unpaired) electrons. The van der Waals surface area contributed by atoms with Gasteiger partial charge in [-0.1, -0.05) is 6.07 Å². The number of rotatable bonds is 2. The van der Waals surface area contributed by atoms with Crippen LogP contribution in [0, 0.1) is 13.8 Å². The minimum Gasteiger partial charge on any atom is -0.334 e. The van der Waals surface area contributed by atoms with Gasteiger partial charge in [-0.2, -0.15) is 0 Å². The van der Waals surface area contributed by atoms with Crippen LogP contribution in [-0.4, -0.2) is 29.3 Å². The Morgan fingerprint density at radius 3 is 2.82 bits per heavy atom. The molecule has 0 N–H and O–H groups in total. The SMILES string of the molecule is Cc1ccc(C(=O)N2CCC[C@H]2CCl)cc1C. The predicted octanol–water partition coefficient (Wildman–Crippen LogP) is 3.15. The van der Waals surface area contributed by atoms with E-state index in [1.807, 2.05) is 30.0 Å². The molecule has 1 saturated heterocycles. The molecule has 0 unspecified atom stereocenters. The number of alkyl halides is 1. The third kappa shape index (κ3) is 2.47. The number of hydrogen-bond acceptors (Lipinski definition) is 1. The highest BCUT2D eigenvalue weighted by Gasteiger charge is 2.28. The second-order valence-electron chi connectivity index (χ2n) is 4.75. The molecular weight excluding hydrogens is 234 g/mol. The summed E-state index contributed by atoms with van der Waals surface area (Å²) < 4.78 is 0. The largest absolute Gasteiger partial charge is 0.334 e. The lowest BCUT2D eigenvalue weighted by molar-refractivity contribution is 0.0749. The zero-order valence-corrected chi connectivity index (χ0v) is 11.1. The van der Waals surface area contributed by atoms with Gasteiger partial charge in [-0.3, -0.25) is 4.79 Å². The summed E-state index contributed by atoms with van der Waals surface area (Å²) in [5.74, 6) is 0.660. The summed E-state index contributed by atoms with van der Waals surface area (Å²) in [5.41, 5.74) is 3.17. The molecule has 1 aliphatic heterocycles. The molecule has 0 aromatic heterocycles. The fraction of sp³-hybridized carbons (Fsp3) is 0.500. The molecule has 3 heteroatoms. The van der Waals surface area contributed by atoms with E-state index in [1.165, 1.54) is 5.56 Å². The quantitative estimate of drug-likeness (QED) is 0.740. The van der Waals surface area contributed by atoms with E-state index in [9.17, 15) is 4.79 Å². The Morgan fingerprint density at radius 2 is 2.18 bits per heavy atom. The normalized spacial score (nSPS) is 19.7. The highest BCUT2D eigenvalue weighted by Crippen LogP contribution is 2.22. The van der Waals surface area contributed by atoms with Gasteiger partial charge in [-0.25, -0.2) is 0 Å². The molecule has 1 amide bonds. The van der Waals surface area contributed by atoms with E-state index < -0.39 is 0 Å². The standard InChI is InChI=1S/C14H18ClNO/c1-10-5-6-12(8-11(10)2)14(17)16-7-3-4-13(16)9-15/h5-6,8,13H,3-4,7,9H2,1-2H3/t13-/m0/s1. The summed E-state index contributed by atoms with van der Waals surface area (Å²) >= 11 is 5.90. The van der Waals surface area contributed by atoms with Crippen LogP contribution in [0.1, 0.15) is 34.3 Å². The number of nitrogens with zero attached hydrogens (tertiary/aromatic N) is 1. The van der Waals surface area contributed by atoms with Gasteiger partial charge in [0.25, 0.3) is 5.91 Å². The van der Waals surface area contributed by atoms with E-state index in [4.69, 9.17) is 11.6 Å². The summed E-state index contributed by atoms with van der Waals surface area (Å²) in [6.07, 6.45) is 2.09. The molecule has 2 nitrogen and oxygen atoms in total. The molecule has 17 heavy (non-hydrogen) atoms. The van der Waals surface area contributed by atoms with Gasteiger partial charge in [0.15, 0.2) is 0 Å². The van der Waals surface area contributed by atoms with Gasteiger partial charge in [-0.15, -0.1) is 11.6 Å². The predicted molar refractivity (Wildman–Crippen MR) is 70.7 cm³/mol. The molecule has 0 aliphatic carbocycles. The molecule has 1 fully saturated rings. The Morgan fingerprint density at radius 1 is 1.41 bits per heavy atom. The molecule has 0 saturated carbocycles. The maximum Gasteiger partial charge on any atom is 0.254 e. The Hall–Kier alpha value is -1.02. The van der Waals surface area contributed by atoms with Gasteiger partial charge in [0.1, 0.15) is 0 Å². The van der Waals surface area contributed by atoms with Crippen molar-refractivity contribution in [3.8, 4) is 0 Å². The molecule has 2 rings (SSSR count). The molecule has 0 bridgehead atoms. The maximum absolute atomic E-state index is 12.3. The number of likely N-dealkylation sites (tertiary alicyclic amines) is 1. The smallest absolute Gasteiger partial charge is 0.254 e. The van der Waals surface area contributed by atoms with Crippen LogP contribution in [0.25, 0.3) is 0 Å². The van der Waals surface area contributed by atoms with Crippen LogP contribution in [0.3, 0.4) is 0 Å². The summed E-state index contributed by atoms with van der Waals surface area (Å²) in [6.45, 7) is 4.93. The average Bonchev–Trinajstić information content (AvgIpc) is 2.80. The number of aryl methyl sites for hydroxylation is 2. The molecular formula is C14H18ClNO. The van der Waals surface area contributed by atoms with Gasteiger partial charge in [-0.05, 0) is 49.9 Å². The molecule has 1 aliphatic rings. The Labute approximate surface area is 108 Å². The van der Waals surface area contributed by atoms with Crippen LogP contribution in [0.15, 0.2) is 18.2 Å². The molecule has 1 atom stereocenters. The van der Waals surface area contributed by atoms with E-state index in [1.54, 1.807) is 0 Å². The van der Waals surface area contributed by atoms with Gasteiger partial charge in [0.05, 0.1) is 0 Å². The van der Waals surface area contributed by atoms with Crippen LogP contribution < -0.4 is 0 Å². The number of carbonyl (C=O) groups excluding carboxylic acids is 1. The molecule has 0 spiro atoms. The fourth-order valence-electron chi connectivity index (χ4n) is 2.30. The third-order valence-corrected chi connectivity index (χ3v) is 3.93. The van der Waals surface area contributed by atoms with Gasteiger partial charge in [0, 0.05) is 24.0 Å². The highest BCUT2D eigenvalue weighted by atomic mass is 35.5. The number of benzene rings is 1. The minimum atomic E-state index is 0.122. The van der Waals surface area contributed by atoms with E-state index in [-0.39, 0.29) is 11.9 Å². The number of hydrogen-bond donors (Lipinski definition) is 0. The fourth-order valence-corrected chi connectivity index (χ4v) is 2.62. The van der Waals surface area contributed by atoms with E-state index >= 15 is 0 Å². The van der Waals surface area contributed by atoms with Crippen molar-refractivity contribution in [2.75, 3.05) is 12.4 Å². The second kappa shape index (κ2) is 5.09. The Bertz CT molecular complexity index is 430. The lowest BCUT2D eigenvalue weighted by Crippen LogP contribution is -2.36. The zero-order valence-electron chi connectivity index (χ0n) is 10.4. The second-order valence-corrected chi connectivity index (χ2v) is 5.06. The summed E-state index contributed by atoms with van der Waals surface area (Å²) in [4.78, 5) is 14.3. The minimum absolute atomic E-state index is 0.122. The number of halogens is 1. The molecule has 1 aromatic carbocycles. The molecule has 92 valence electrons. The first kappa shape index (κ1) is 12.4. The van der Waals surface area contributed by atoms with Crippen molar-refractivity contribution >= 4 is 17.5 Å².